The van der Waals surface area contributed by atoms with E-state index in [4.69, 9.17) is 23.2 Å². The molecule has 37 heavy (non-hydrogen) atoms. The van der Waals surface area contributed by atoms with Crippen LogP contribution in [0.2, 0.25) is 10.0 Å². The Bertz CT molecular complexity index is 1370. The normalized spacial score (nSPS) is 12.0. The molecule has 0 aliphatic heterocycles. The first kappa shape index (κ1) is 28.5. The van der Waals surface area contributed by atoms with Crippen LogP contribution in [0, 0.1) is 6.92 Å². The van der Waals surface area contributed by atoms with E-state index in [1.54, 1.807) is 25.1 Å². The maximum atomic E-state index is 13.9. The fourth-order valence-electron chi connectivity index (χ4n) is 3.95. The summed E-state index contributed by atoms with van der Waals surface area (Å²) in [6.07, 6.45) is 0.343. The number of amides is 2. The number of carbonyl (C=O) groups excluding carboxylic acids is 2. The van der Waals surface area contributed by atoms with Gasteiger partial charge < -0.3 is 10.2 Å². The second-order valence-electron chi connectivity index (χ2n) is 8.41. The molecule has 2 amide bonds. The third-order valence-corrected chi connectivity index (χ3v) is 8.56. The van der Waals surface area contributed by atoms with Gasteiger partial charge in [0.25, 0.3) is 10.0 Å². The summed E-state index contributed by atoms with van der Waals surface area (Å²) in [6, 6.07) is 18.9. The van der Waals surface area contributed by atoms with Crippen LogP contribution < -0.4 is 9.62 Å². The number of anilines is 1. The van der Waals surface area contributed by atoms with E-state index in [-0.39, 0.29) is 33.1 Å². The van der Waals surface area contributed by atoms with Crippen LogP contribution in [0.1, 0.15) is 24.5 Å². The fourth-order valence-corrected chi connectivity index (χ4v) is 5.67. The summed E-state index contributed by atoms with van der Waals surface area (Å²) in [6.45, 7) is 3.31. The monoisotopic (exact) mass is 561 g/mol. The highest BCUT2D eigenvalue weighted by atomic mass is 35.5. The van der Waals surface area contributed by atoms with E-state index < -0.39 is 28.5 Å². The first-order valence-electron chi connectivity index (χ1n) is 11.7. The van der Waals surface area contributed by atoms with Crippen LogP contribution in [0.3, 0.4) is 0 Å². The van der Waals surface area contributed by atoms with Gasteiger partial charge in [0.2, 0.25) is 11.8 Å². The molecule has 0 spiro atoms. The van der Waals surface area contributed by atoms with Crippen LogP contribution in [-0.2, 0) is 26.2 Å². The molecule has 0 fully saturated rings. The summed E-state index contributed by atoms with van der Waals surface area (Å²) in [5.74, 6) is -0.874. The maximum absolute atomic E-state index is 13.9. The van der Waals surface area contributed by atoms with Gasteiger partial charge in [-0.1, -0.05) is 72.6 Å². The molecule has 0 bridgehead atoms. The second-order valence-corrected chi connectivity index (χ2v) is 11.1. The molecule has 196 valence electrons. The van der Waals surface area contributed by atoms with Gasteiger partial charge in [0, 0.05) is 13.6 Å². The van der Waals surface area contributed by atoms with Crippen LogP contribution in [0.5, 0.6) is 0 Å². The minimum atomic E-state index is -4.17. The summed E-state index contributed by atoms with van der Waals surface area (Å²) in [4.78, 5) is 28.1. The van der Waals surface area contributed by atoms with Crippen molar-refractivity contribution >= 4 is 50.7 Å². The zero-order valence-electron chi connectivity index (χ0n) is 20.8. The molecule has 0 aliphatic rings. The summed E-state index contributed by atoms with van der Waals surface area (Å²) in [5, 5.41) is 3.01. The van der Waals surface area contributed by atoms with Crippen molar-refractivity contribution in [3.05, 3.63) is 94.0 Å². The Morgan fingerprint density at radius 2 is 1.59 bits per heavy atom. The predicted molar refractivity (Wildman–Crippen MR) is 147 cm³/mol. The summed E-state index contributed by atoms with van der Waals surface area (Å²) in [5.41, 5.74) is 1.98. The topological polar surface area (TPSA) is 86.8 Å². The fraction of sp³-hybridized carbons (Fsp3) is 0.259. The van der Waals surface area contributed by atoms with Gasteiger partial charge >= 0.3 is 0 Å². The number of likely N-dealkylation sites (N-methyl/N-ethyl adjacent to an activating group) is 1. The average molecular weight is 563 g/mol. The van der Waals surface area contributed by atoms with E-state index in [0.29, 0.717) is 6.42 Å². The van der Waals surface area contributed by atoms with Crippen molar-refractivity contribution in [3.8, 4) is 0 Å². The Morgan fingerprint density at radius 1 is 0.946 bits per heavy atom. The number of aryl methyl sites for hydroxylation is 1. The van der Waals surface area contributed by atoms with Gasteiger partial charge in [0.05, 0.1) is 20.6 Å². The van der Waals surface area contributed by atoms with Gasteiger partial charge in [-0.15, -0.1) is 0 Å². The van der Waals surface area contributed by atoms with Gasteiger partial charge in [-0.3, -0.25) is 13.9 Å². The highest BCUT2D eigenvalue weighted by Gasteiger charge is 2.33. The smallest absolute Gasteiger partial charge is 0.264 e. The van der Waals surface area contributed by atoms with Crippen LogP contribution >= 0.6 is 23.2 Å². The van der Waals surface area contributed by atoms with Crippen molar-refractivity contribution in [3.63, 3.8) is 0 Å². The van der Waals surface area contributed by atoms with Crippen molar-refractivity contribution < 1.29 is 18.0 Å². The standard InChI is InChI=1S/C27H29Cl2N3O4S/c1-4-25(27(34)30-3)31(17-20-11-9-8-10-19(20)2)26(33)18-32(21-14-15-23(28)24(29)16-21)37(35,36)22-12-6-5-7-13-22/h5-16,25H,4,17-18H2,1-3H3,(H,30,34). The van der Waals surface area contributed by atoms with Gasteiger partial charge in [-0.25, -0.2) is 8.42 Å². The minimum absolute atomic E-state index is 0.0117. The van der Waals surface area contributed by atoms with Crippen molar-refractivity contribution in [2.75, 3.05) is 17.9 Å². The van der Waals surface area contributed by atoms with E-state index in [9.17, 15) is 18.0 Å². The molecule has 1 atom stereocenters. The van der Waals surface area contributed by atoms with Crippen molar-refractivity contribution in [2.24, 2.45) is 0 Å². The molecule has 1 N–H and O–H groups in total. The summed E-state index contributed by atoms with van der Waals surface area (Å²) >= 11 is 12.3. The van der Waals surface area contributed by atoms with Crippen LogP contribution in [0.4, 0.5) is 5.69 Å². The Balaban J connectivity index is 2.09. The van der Waals surface area contributed by atoms with Crippen molar-refractivity contribution in [2.45, 2.75) is 37.8 Å². The molecule has 3 aromatic rings. The molecular formula is C27H29Cl2N3O4S. The largest absolute Gasteiger partial charge is 0.357 e. The van der Waals surface area contributed by atoms with E-state index in [1.165, 1.54) is 42.3 Å². The number of hydrogen-bond donors (Lipinski definition) is 1. The third-order valence-electron chi connectivity index (χ3n) is 6.04. The van der Waals surface area contributed by atoms with E-state index in [2.05, 4.69) is 5.32 Å². The number of hydrogen-bond acceptors (Lipinski definition) is 4. The molecule has 0 radical (unpaired) electrons. The Hall–Kier alpha value is -3.07. The second kappa shape index (κ2) is 12.4. The van der Waals surface area contributed by atoms with Crippen molar-refractivity contribution in [1.29, 1.82) is 0 Å². The maximum Gasteiger partial charge on any atom is 0.264 e. The first-order chi connectivity index (χ1) is 17.6. The Kier molecular flexibility index (Phi) is 9.59. The SMILES string of the molecule is CCC(C(=O)NC)N(Cc1ccccc1C)C(=O)CN(c1ccc(Cl)c(Cl)c1)S(=O)(=O)c1ccccc1. The highest BCUT2D eigenvalue weighted by molar-refractivity contribution is 7.92. The average Bonchev–Trinajstić information content (AvgIpc) is 2.90. The van der Waals surface area contributed by atoms with Crippen LogP contribution in [0.15, 0.2) is 77.7 Å². The molecule has 0 aromatic heterocycles. The van der Waals surface area contributed by atoms with Gasteiger partial charge in [-0.2, -0.15) is 0 Å². The van der Waals surface area contributed by atoms with Crippen LogP contribution in [0.25, 0.3) is 0 Å². The number of nitrogens with one attached hydrogen (secondary N) is 1. The van der Waals surface area contributed by atoms with Gasteiger partial charge in [0.1, 0.15) is 12.6 Å². The Labute approximate surface area is 228 Å². The highest BCUT2D eigenvalue weighted by Crippen LogP contribution is 2.31. The number of sulfonamides is 1. The number of benzene rings is 3. The number of halogens is 2. The van der Waals surface area contributed by atoms with E-state index in [0.717, 1.165) is 15.4 Å². The number of rotatable bonds is 10. The summed E-state index contributed by atoms with van der Waals surface area (Å²) < 4.78 is 28.5. The Morgan fingerprint density at radius 3 is 2.19 bits per heavy atom. The molecule has 0 aliphatic carbocycles. The number of carbonyl (C=O) groups is 2. The predicted octanol–water partition coefficient (Wildman–Crippen LogP) is 5.05. The van der Waals surface area contributed by atoms with Gasteiger partial charge in [0.15, 0.2) is 0 Å². The zero-order chi connectivity index (χ0) is 27.2. The third kappa shape index (κ3) is 6.63. The quantitative estimate of drug-likeness (QED) is 0.375. The molecule has 1 unspecified atom stereocenters. The van der Waals surface area contributed by atoms with E-state index in [1.807, 2.05) is 31.2 Å². The lowest BCUT2D eigenvalue weighted by molar-refractivity contribution is -0.140. The molecule has 3 aromatic carbocycles. The molecule has 3 rings (SSSR count). The lowest BCUT2D eigenvalue weighted by atomic mass is 10.1. The first-order valence-corrected chi connectivity index (χ1v) is 13.9. The van der Waals surface area contributed by atoms with E-state index >= 15 is 0 Å². The molecule has 7 nitrogen and oxygen atoms in total. The van der Waals surface area contributed by atoms with Gasteiger partial charge in [-0.05, 0) is 54.8 Å². The minimum Gasteiger partial charge on any atom is -0.357 e. The molecule has 0 heterocycles. The molecule has 10 heteroatoms. The lowest BCUT2D eigenvalue weighted by Crippen LogP contribution is -2.51. The van der Waals surface area contributed by atoms with Crippen LogP contribution in [-0.4, -0.2) is 44.8 Å². The summed E-state index contributed by atoms with van der Waals surface area (Å²) in [7, 11) is -2.66. The van der Waals surface area contributed by atoms with Crippen molar-refractivity contribution in [1.82, 2.24) is 10.2 Å². The zero-order valence-corrected chi connectivity index (χ0v) is 23.1. The molecular weight excluding hydrogens is 533 g/mol. The molecule has 0 saturated carbocycles. The lowest BCUT2D eigenvalue weighted by Gasteiger charge is -2.33. The number of nitrogens with zero attached hydrogens (tertiary/aromatic N) is 2. The molecule has 0 saturated heterocycles.